The summed E-state index contributed by atoms with van der Waals surface area (Å²) in [7, 11) is 0. The number of carbonyl (C=O) groups is 1. The number of carbonyl (C=O) groups excluding carboxylic acids is 1. The summed E-state index contributed by atoms with van der Waals surface area (Å²) < 4.78 is 18.5. The molecule has 2 heterocycles. The SMILES string of the molecule is CCCCCCCCCCCCCC[C@@H]1OC[C@H]2[C@@H]1OC(CC)(CC)N2C(=O)OCc1ccccc1. The molecule has 0 aromatic heterocycles. The maximum atomic E-state index is 13.2. The summed E-state index contributed by atoms with van der Waals surface area (Å²) in [6.07, 6.45) is 18.4. The number of amides is 1. The lowest BCUT2D eigenvalue weighted by atomic mass is 10.0. The Morgan fingerprint density at radius 3 is 2.06 bits per heavy atom. The van der Waals surface area contributed by atoms with E-state index in [9.17, 15) is 4.79 Å². The van der Waals surface area contributed by atoms with Crippen LogP contribution in [0.5, 0.6) is 0 Å². The predicted octanol–water partition coefficient (Wildman–Crippen LogP) is 8.40. The predicted molar refractivity (Wildman–Crippen MR) is 146 cm³/mol. The Kier molecular flexibility index (Phi) is 12.6. The molecule has 1 amide bonds. The van der Waals surface area contributed by atoms with Gasteiger partial charge in [-0.2, -0.15) is 0 Å². The summed E-state index contributed by atoms with van der Waals surface area (Å²) in [6, 6.07) is 9.79. The van der Waals surface area contributed by atoms with E-state index in [2.05, 4.69) is 20.8 Å². The first kappa shape index (κ1) is 29.0. The van der Waals surface area contributed by atoms with Crippen molar-refractivity contribution in [2.75, 3.05) is 6.61 Å². The van der Waals surface area contributed by atoms with Crippen molar-refractivity contribution in [3.63, 3.8) is 0 Å². The molecule has 0 aliphatic carbocycles. The average molecular weight is 502 g/mol. The van der Waals surface area contributed by atoms with Gasteiger partial charge in [-0.3, -0.25) is 4.90 Å². The third-order valence-corrected chi connectivity index (χ3v) is 8.20. The van der Waals surface area contributed by atoms with Crippen molar-refractivity contribution < 1.29 is 19.0 Å². The van der Waals surface area contributed by atoms with E-state index in [-0.39, 0.29) is 30.9 Å². The van der Waals surface area contributed by atoms with Crippen LogP contribution in [0.3, 0.4) is 0 Å². The molecule has 0 unspecified atom stereocenters. The maximum Gasteiger partial charge on any atom is 0.412 e. The number of fused-ring (bicyclic) bond motifs is 1. The summed E-state index contributed by atoms with van der Waals surface area (Å²) in [6.45, 7) is 7.29. The monoisotopic (exact) mass is 501 g/mol. The second kappa shape index (κ2) is 15.6. The largest absolute Gasteiger partial charge is 0.444 e. The van der Waals surface area contributed by atoms with Gasteiger partial charge in [-0.25, -0.2) is 4.79 Å². The minimum Gasteiger partial charge on any atom is -0.444 e. The van der Waals surface area contributed by atoms with Crippen molar-refractivity contribution in [3.05, 3.63) is 35.9 Å². The fraction of sp³-hybridized carbons (Fsp3) is 0.774. The molecule has 5 nitrogen and oxygen atoms in total. The van der Waals surface area contributed by atoms with E-state index in [0.717, 1.165) is 31.2 Å². The van der Waals surface area contributed by atoms with Crippen molar-refractivity contribution in [1.29, 1.82) is 0 Å². The Labute approximate surface area is 220 Å². The molecular weight excluding hydrogens is 450 g/mol. The van der Waals surface area contributed by atoms with Gasteiger partial charge in [0.2, 0.25) is 0 Å². The highest BCUT2D eigenvalue weighted by Crippen LogP contribution is 2.43. The van der Waals surface area contributed by atoms with Crippen LogP contribution < -0.4 is 0 Å². The number of ether oxygens (including phenoxy) is 3. The van der Waals surface area contributed by atoms with Crippen LogP contribution in [0, 0.1) is 0 Å². The van der Waals surface area contributed by atoms with Gasteiger partial charge in [0.25, 0.3) is 0 Å². The van der Waals surface area contributed by atoms with Gasteiger partial charge in [0.1, 0.15) is 18.4 Å². The number of hydrogen-bond donors (Lipinski definition) is 0. The van der Waals surface area contributed by atoms with Crippen LogP contribution in [0.15, 0.2) is 30.3 Å². The molecule has 0 radical (unpaired) electrons. The van der Waals surface area contributed by atoms with Crippen LogP contribution in [0.4, 0.5) is 4.79 Å². The van der Waals surface area contributed by atoms with Gasteiger partial charge in [-0.05, 0) is 24.8 Å². The highest BCUT2D eigenvalue weighted by Gasteiger charge is 2.58. The van der Waals surface area contributed by atoms with Crippen LogP contribution in [0.2, 0.25) is 0 Å². The van der Waals surface area contributed by atoms with Crippen LogP contribution in [-0.4, -0.2) is 41.6 Å². The summed E-state index contributed by atoms with van der Waals surface area (Å²) in [5.41, 5.74) is 0.399. The van der Waals surface area contributed by atoms with Gasteiger partial charge in [-0.15, -0.1) is 0 Å². The van der Waals surface area contributed by atoms with Gasteiger partial charge in [-0.1, -0.05) is 128 Å². The lowest BCUT2D eigenvalue weighted by Gasteiger charge is -2.37. The van der Waals surface area contributed by atoms with Gasteiger partial charge in [0, 0.05) is 0 Å². The van der Waals surface area contributed by atoms with Crippen LogP contribution in [0.25, 0.3) is 0 Å². The first-order chi connectivity index (χ1) is 17.6. The third kappa shape index (κ3) is 7.95. The Hall–Kier alpha value is -1.59. The van der Waals surface area contributed by atoms with Crippen molar-refractivity contribution in [2.45, 2.75) is 148 Å². The molecule has 5 heteroatoms. The molecule has 0 saturated carbocycles. The number of unbranched alkanes of at least 4 members (excludes halogenated alkanes) is 11. The molecular formula is C31H51NO4. The van der Waals surface area contributed by atoms with E-state index in [1.54, 1.807) is 0 Å². The van der Waals surface area contributed by atoms with Crippen molar-refractivity contribution in [2.24, 2.45) is 0 Å². The zero-order valence-corrected chi connectivity index (χ0v) is 23.2. The summed E-state index contributed by atoms with van der Waals surface area (Å²) >= 11 is 0. The fourth-order valence-electron chi connectivity index (χ4n) is 5.93. The van der Waals surface area contributed by atoms with Crippen LogP contribution >= 0.6 is 0 Å². The van der Waals surface area contributed by atoms with E-state index < -0.39 is 5.72 Å². The molecule has 1 aromatic rings. The summed E-state index contributed by atoms with van der Waals surface area (Å²) in [5, 5.41) is 0. The summed E-state index contributed by atoms with van der Waals surface area (Å²) in [4.78, 5) is 15.1. The van der Waals surface area contributed by atoms with Crippen LogP contribution in [0.1, 0.15) is 123 Å². The molecule has 3 rings (SSSR count). The Morgan fingerprint density at radius 2 is 1.47 bits per heavy atom. The lowest BCUT2D eigenvalue weighted by Crippen LogP contribution is -2.52. The second-order valence-corrected chi connectivity index (χ2v) is 10.8. The number of benzene rings is 1. The topological polar surface area (TPSA) is 48.0 Å². The highest BCUT2D eigenvalue weighted by molar-refractivity contribution is 5.69. The number of nitrogens with zero attached hydrogens (tertiary/aromatic N) is 1. The van der Waals surface area contributed by atoms with Crippen molar-refractivity contribution >= 4 is 6.09 Å². The average Bonchev–Trinajstić information content (AvgIpc) is 3.45. The molecule has 0 bridgehead atoms. The molecule has 36 heavy (non-hydrogen) atoms. The van der Waals surface area contributed by atoms with Gasteiger partial charge < -0.3 is 14.2 Å². The minimum atomic E-state index is -0.596. The van der Waals surface area contributed by atoms with E-state index in [4.69, 9.17) is 14.2 Å². The fourth-order valence-corrected chi connectivity index (χ4v) is 5.93. The van der Waals surface area contributed by atoms with Crippen molar-refractivity contribution in [1.82, 2.24) is 4.90 Å². The molecule has 0 N–H and O–H groups in total. The highest BCUT2D eigenvalue weighted by atomic mass is 16.6. The second-order valence-electron chi connectivity index (χ2n) is 10.8. The molecule has 2 aliphatic rings. The Balaban J connectivity index is 1.38. The first-order valence-corrected chi connectivity index (χ1v) is 14.9. The first-order valence-electron chi connectivity index (χ1n) is 14.9. The van der Waals surface area contributed by atoms with Gasteiger partial charge >= 0.3 is 6.09 Å². The lowest BCUT2D eigenvalue weighted by molar-refractivity contribution is -0.136. The van der Waals surface area contributed by atoms with E-state index >= 15 is 0 Å². The van der Waals surface area contributed by atoms with Crippen LogP contribution in [-0.2, 0) is 20.8 Å². The molecule has 3 atom stereocenters. The smallest absolute Gasteiger partial charge is 0.412 e. The zero-order valence-electron chi connectivity index (χ0n) is 23.2. The zero-order chi connectivity index (χ0) is 25.6. The van der Waals surface area contributed by atoms with E-state index in [1.807, 2.05) is 35.2 Å². The normalized spacial score (nSPS) is 22.6. The van der Waals surface area contributed by atoms with Gasteiger partial charge in [0.05, 0.1) is 18.8 Å². The van der Waals surface area contributed by atoms with Crippen molar-refractivity contribution in [3.8, 4) is 0 Å². The van der Waals surface area contributed by atoms with Gasteiger partial charge in [0.15, 0.2) is 0 Å². The molecule has 2 fully saturated rings. The molecule has 1 aromatic carbocycles. The number of hydrogen-bond acceptors (Lipinski definition) is 4. The molecule has 204 valence electrons. The standard InChI is InChI=1S/C31H51NO4/c1-4-7-8-9-10-11-12-13-14-15-16-20-23-28-29-27(25-34-28)32(31(5-2,6-3)36-29)30(33)35-24-26-21-18-17-19-22-26/h17-19,21-22,27-29H,4-16,20,23-25H2,1-3H3/t27-,28-,29-/m0/s1. The summed E-state index contributed by atoms with van der Waals surface area (Å²) in [5.74, 6) is 0. The molecule has 2 saturated heterocycles. The quantitative estimate of drug-likeness (QED) is 0.201. The van der Waals surface area contributed by atoms with E-state index in [0.29, 0.717) is 6.61 Å². The maximum absolute atomic E-state index is 13.2. The molecule has 0 spiro atoms. The Morgan fingerprint density at radius 1 is 0.889 bits per heavy atom. The minimum absolute atomic E-state index is 0.0538. The van der Waals surface area contributed by atoms with E-state index in [1.165, 1.54) is 70.6 Å². The number of rotatable bonds is 17. The third-order valence-electron chi connectivity index (χ3n) is 8.20. The Bertz CT molecular complexity index is 735. The molecule has 2 aliphatic heterocycles.